The maximum atomic E-state index is 12.2. The number of amides is 3. The lowest BCUT2D eigenvalue weighted by Gasteiger charge is -2.29. The van der Waals surface area contributed by atoms with Crippen LogP contribution in [0.4, 0.5) is 9.93 Å². The molecule has 0 spiro atoms. The summed E-state index contributed by atoms with van der Waals surface area (Å²) in [7, 11) is 0. The predicted molar refractivity (Wildman–Crippen MR) is 94.6 cm³/mol. The van der Waals surface area contributed by atoms with Crippen molar-refractivity contribution in [3.8, 4) is 10.4 Å². The number of hydrogen-bond donors (Lipinski definition) is 3. The minimum Gasteiger partial charge on any atom is -0.369 e. The predicted octanol–water partition coefficient (Wildman–Crippen LogP) is 2.98. The third-order valence-electron chi connectivity index (χ3n) is 4.23. The van der Waals surface area contributed by atoms with Crippen molar-refractivity contribution in [2.45, 2.75) is 31.7 Å². The Morgan fingerprint density at radius 2 is 1.92 bits per heavy atom. The van der Waals surface area contributed by atoms with Gasteiger partial charge >= 0.3 is 6.03 Å². The zero-order valence-corrected chi connectivity index (χ0v) is 14.0. The summed E-state index contributed by atoms with van der Waals surface area (Å²) < 4.78 is 0. The van der Waals surface area contributed by atoms with Crippen LogP contribution in [-0.4, -0.2) is 23.0 Å². The monoisotopic (exact) mass is 344 g/mol. The average molecular weight is 344 g/mol. The highest BCUT2D eigenvalue weighted by atomic mass is 32.1. The molecule has 0 bridgehead atoms. The highest BCUT2D eigenvalue weighted by Gasteiger charge is 2.30. The fraction of sp³-hybridized carbons (Fsp3) is 0.353. The number of thiazole rings is 1. The number of nitrogens with one attached hydrogen (secondary N) is 2. The third kappa shape index (κ3) is 3.91. The Kier molecular flexibility index (Phi) is 5.10. The number of benzene rings is 1. The van der Waals surface area contributed by atoms with E-state index in [9.17, 15) is 9.59 Å². The molecule has 3 amide bonds. The second-order valence-electron chi connectivity index (χ2n) is 5.89. The van der Waals surface area contributed by atoms with Crippen LogP contribution in [0.15, 0.2) is 36.5 Å². The molecule has 3 rings (SSSR count). The highest BCUT2D eigenvalue weighted by Crippen LogP contribution is 2.29. The Morgan fingerprint density at radius 3 is 2.67 bits per heavy atom. The zero-order chi connectivity index (χ0) is 16.9. The number of hydrogen-bond acceptors (Lipinski definition) is 4. The topological polar surface area (TPSA) is 97.1 Å². The molecule has 7 heteroatoms. The molecule has 0 unspecified atom stereocenters. The van der Waals surface area contributed by atoms with E-state index >= 15 is 0 Å². The summed E-state index contributed by atoms with van der Waals surface area (Å²) in [6.07, 6.45) is 5.21. The number of aromatic nitrogens is 1. The smallest absolute Gasteiger partial charge is 0.321 e. The maximum Gasteiger partial charge on any atom is 0.321 e. The molecule has 6 nitrogen and oxygen atoms in total. The number of primary amides is 1. The molecule has 126 valence electrons. The number of carbonyl (C=O) groups excluding carboxylic acids is 2. The van der Waals surface area contributed by atoms with Gasteiger partial charge in [-0.2, -0.15) is 0 Å². The number of nitrogens with two attached hydrogens (primary N) is 1. The Balaban J connectivity index is 1.61. The molecular weight excluding hydrogens is 324 g/mol. The van der Waals surface area contributed by atoms with Crippen molar-refractivity contribution in [2.75, 3.05) is 5.32 Å². The van der Waals surface area contributed by atoms with Gasteiger partial charge in [0.25, 0.3) is 0 Å². The second-order valence-corrected chi connectivity index (χ2v) is 6.92. The van der Waals surface area contributed by atoms with Gasteiger partial charge in [0.05, 0.1) is 10.8 Å². The Labute approximate surface area is 144 Å². The molecule has 0 saturated heterocycles. The molecular formula is C17H20N4O2S. The van der Waals surface area contributed by atoms with Crippen LogP contribution in [0.25, 0.3) is 10.4 Å². The number of anilines is 1. The van der Waals surface area contributed by atoms with Crippen molar-refractivity contribution in [3.05, 3.63) is 36.5 Å². The molecule has 1 heterocycles. The molecule has 24 heavy (non-hydrogen) atoms. The summed E-state index contributed by atoms with van der Waals surface area (Å²) in [5, 5.41) is 6.13. The van der Waals surface area contributed by atoms with E-state index in [4.69, 9.17) is 5.73 Å². The van der Waals surface area contributed by atoms with Gasteiger partial charge in [-0.25, -0.2) is 9.78 Å². The van der Waals surface area contributed by atoms with Crippen LogP contribution >= 0.6 is 11.3 Å². The number of nitrogens with zero attached hydrogens (tertiary/aromatic N) is 1. The van der Waals surface area contributed by atoms with Crippen LogP contribution in [0, 0.1) is 5.92 Å². The average Bonchev–Trinajstić information content (AvgIpc) is 3.04. The number of rotatable bonds is 4. The maximum absolute atomic E-state index is 12.2. The van der Waals surface area contributed by atoms with Crippen molar-refractivity contribution < 1.29 is 9.59 Å². The summed E-state index contributed by atoms with van der Waals surface area (Å²) in [6, 6.07) is 9.32. The minimum absolute atomic E-state index is 0.204. The van der Waals surface area contributed by atoms with E-state index in [1.807, 2.05) is 30.3 Å². The molecule has 1 saturated carbocycles. The summed E-state index contributed by atoms with van der Waals surface area (Å²) in [5.41, 5.74) is 6.49. The number of urea groups is 1. The van der Waals surface area contributed by atoms with Crippen molar-refractivity contribution in [1.82, 2.24) is 10.3 Å². The van der Waals surface area contributed by atoms with Crippen LogP contribution in [0.2, 0.25) is 0 Å². The number of carbonyl (C=O) groups is 2. The standard InChI is InChI=1S/C17H20N4O2S/c18-15(22)12-8-4-5-9-13(12)20-16(23)21-17-19-10-14(24-17)11-6-2-1-3-7-11/h1-3,6-7,10,12-13H,4-5,8-9H2,(H2,18,22)(H2,19,20,21,23)/t12-,13-/m0/s1. The summed E-state index contributed by atoms with van der Waals surface area (Å²) in [4.78, 5) is 28.9. The van der Waals surface area contributed by atoms with Gasteiger partial charge in [0.2, 0.25) is 5.91 Å². The van der Waals surface area contributed by atoms with Crippen molar-refractivity contribution in [3.63, 3.8) is 0 Å². The van der Waals surface area contributed by atoms with E-state index in [2.05, 4.69) is 15.6 Å². The van der Waals surface area contributed by atoms with Gasteiger partial charge in [-0.05, 0) is 18.4 Å². The quantitative estimate of drug-likeness (QED) is 0.795. The zero-order valence-electron chi connectivity index (χ0n) is 13.2. The first kappa shape index (κ1) is 16.4. The second kappa shape index (κ2) is 7.44. The molecule has 1 aliphatic rings. The molecule has 4 N–H and O–H groups in total. The first-order chi connectivity index (χ1) is 11.6. The van der Waals surface area contributed by atoms with Crippen LogP contribution in [0.5, 0.6) is 0 Å². The summed E-state index contributed by atoms with van der Waals surface area (Å²) in [5.74, 6) is -0.638. The van der Waals surface area contributed by atoms with Crippen LogP contribution in [-0.2, 0) is 4.79 Å². The molecule has 1 aromatic heterocycles. The Hall–Kier alpha value is -2.41. The van der Waals surface area contributed by atoms with Crippen molar-refractivity contribution in [2.24, 2.45) is 11.7 Å². The van der Waals surface area contributed by atoms with Crippen molar-refractivity contribution >= 4 is 28.4 Å². The summed E-state index contributed by atoms with van der Waals surface area (Å²) in [6.45, 7) is 0. The van der Waals surface area contributed by atoms with E-state index < -0.39 is 0 Å². The largest absolute Gasteiger partial charge is 0.369 e. The molecule has 0 aliphatic heterocycles. The lowest BCUT2D eigenvalue weighted by molar-refractivity contribution is -0.123. The van der Waals surface area contributed by atoms with Gasteiger partial charge in [0.1, 0.15) is 0 Å². The highest BCUT2D eigenvalue weighted by molar-refractivity contribution is 7.19. The van der Waals surface area contributed by atoms with Gasteiger partial charge in [0, 0.05) is 12.2 Å². The molecule has 1 fully saturated rings. The SMILES string of the molecule is NC(=O)[C@H]1CCCC[C@@H]1NC(=O)Nc1ncc(-c2ccccc2)s1. The van der Waals surface area contributed by atoms with Gasteiger partial charge in [-0.15, -0.1) is 0 Å². The fourth-order valence-corrected chi connectivity index (χ4v) is 3.83. The molecule has 0 radical (unpaired) electrons. The van der Waals surface area contributed by atoms with Crippen molar-refractivity contribution in [1.29, 1.82) is 0 Å². The van der Waals surface area contributed by atoms with E-state index in [0.29, 0.717) is 5.13 Å². The lowest BCUT2D eigenvalue weighted by atomic mass is 9.84. The van der Waals surface area contributed by atoms with Crippen LogP contribution in [0.1, 0.15) is 25.7 Å². The third-order valence-corrected chi connectivity index (χ3v) is 5.19. The van der Waals surface area contributed by atoms with E-state index in [1.165, 1.54) is 11.3 Å². The normalized spacial score (nSPS) is 20.3. The molecule has 1 aromatic carbocycles. The van der Waals surface area contributed by atoms with Gasteiger partial charge in [-0.3, -0.25) is 10.1 Å². The summed E-state index contributed by atoms with van der Waals surface area (Å²) >= 11 is 1.41. The molecule has 2 aromatic rings. The Morgan fingerprint density at radius 1 is 1.17 bits per heavy atom. The fourth-order valence-electron chi connectivity index (χ4n) is 3.01. The van der Waals surface area contributed by atoms with Gasteiger partial charge in [-0.1, -0.05) is 54.5 Å². The first-order valence-corrected chi connectivity index (χ1v) is 8.83. The first-order valence-electron chi connectivity index (χ1n) is 8.01. The van der Waals surface area contributed by atoms with E-state index in [1.54, 1.807) is 6.20 Å². The lowest BCUT2D eigenvalue weighted by Crippen LogP contribution is -2.48. The molecule has 2 atom stereocenters. The molecule has 1 aliphatic carbocycles. The van der Waals surface area contributed by atoms with E-state index in [-0.39, 0.29) is 23.9 Å². The van der Waals surface area contributed by atoms with Gasteiger partial charge < -0.3 is 11.1 Å². The minimum atomic E-state index is -0.347. The van der Waals surface area contributed by atoms with Gasteiger partial charge in [0.15, 0.2) is 5.13 Å². The van der Waals surface area contributed by atoms with E-state index in [0.717, 1.165) is 36.1 Å². The van der Waals surface area contributed by atoms with Crippen LogP contribution in [0.3, 0.4) is 0 Å². The Bertz CT molecular complexity index is 716. The van der Waals surface area contributed by atoms with Crippen LogP contribution < -0.4 is 16.4 Å².